The van der Waals surface area contributed by atoms with Crippen LogP contribution in [0.5, 0.6) is 0 Å². The average molecular weight is 370 g/mol. The van der Waals surface area contributed by atoms with Crippen LogP contribution in [0.3, 0.4) is 0 Å². The van der Waals surface area contributed by atoms with E-state index in [4.69, 9.17) is 0 Å². The molecule has 0 fully saturated rings. The molecule has 0 radical (unpaired) electrons. The summed E-state index contributed by atoms with van der Waals surface area (Å²) >= 11 is 3.25. The summed E-state index contributed by atoms with van der Waals surface area (Å²) in [6.07, 6.45) is 0.660. The number of thiazole rings is 1. The molecule has 4 rings (SSSR count). The predicted octanol–water partition coefficient (Wildman–Crippen LogP) is 4.51. The second-order valence-corrected chi connectivity index (χ2v) is 7.87. The Labute approximate surface area is 152 Å². The molecule has 2 heterocycles. The Hall–Kier alpha value is -2.38. The molecule has 0 saturated heterocycles. The number of hydrogen-bond donors (Lipinski definition) is 0. The first kappa shape index (κ1) is 16.1. The zero-order valence-electron chi connectivity index (χ0n) is 13.5. The first-order valence-electron chi connectivity index (χ1n) is 7.80. The summed E-state index contributed by atoms with van der Waals surface area (Å²) in [6, 6.07) is 14.6. The maximum absolute atomic E-state index is 13.0. The highest BCUT2D eigenvalue weighted by Gasteiger charge is 2.12. The van der Waals surface area contributed by atoms with Crippen LogP contribution in [0.2, 0.25) is 0 Å². The average Bonchev–Trinajstić information content (AvgIpc) is 3.23. The molecule has 7 heteroatoms. The maximum atomic E-state index is 13.0. The minimum atomic E-state index is -0.225. The molecule has 25 heavy (non-hydrogen) atoms. The van der Waals surface area contributed by atoms with Crippen LogP contribution in [0.4, 0.5) is 9.52 Å². The van der Waals surface area contributed by atoms with Crippen molar-refractivity contribution in [3.05, 3.63) is 69.9 Å². The monoisotopic (exact) mass is 370 g/mol. The number of hydrogen-bond acceptors (Lipinski definition) is 6. The number of halogens is 1. The number of rotatable bonds is 5. The van der Waals surface area contributed by atoms with Crippen molar-refractivity contribution < 1.29 is 4.39 Å². The van der Waals surface area contributed by atoms with Crippen molar-refractivity contribution in [3.8, 4) is 0 Å². The van der Waals surface area contributed by atoms with Crippen LogP contribution < -0.4 is 4.90 Å². The number of para-hydroxylation sites is 1. The molecule has 0 N–H and O–H groups in total. The van der Waals surface area contributed by atoms with Crippen molar-refractivity contribution in [2.75, 3.05) is 11.9 Å². The molecule has 0 saturated carbocycles. The van der Waals surface area contributed by atoms with Gasteiger partial charge in [0.1, 0.15) is 15.8 Å². The number of nitrogens with zero attached hydrogens (tertiary/aromatic N) is 4. The molecule has 0 amide bonds. The SMILES string of the molecule is CN(Cc1nc2ccccc2s1)c1nnc(Cc2ccc(F)cc2)s1. The third-order valence-electron chi connectivity index (χ3n) is 3.76. The molecule has 4 aromatic rings. The van der Waals surface area contributed by atoms with Gasteiger partial charge in [0, 0.05) is 13.5 Å². The zero-order chi connectivity index (χ0) is 17.2. The van der Waals surface area contributed by atoms with Crippen LogP contribution in [0.1, 0.15) is 15.6 Å². The topological polar surface area (TPSA) is 41.9 Å². The van der Waals surface area contributed by atoms with Gasteiger partial charge in [0.2, 0.25) is 5.13 Å². The fourth-order valence-corrected chi connectivity index (χ4v) is 4.36. The van der Waals surface area contributed by atoms with Crippen LogP contribution in [0.25, 0.3) is 10.2 Å². The highest BCUT2D eigenvalue weighted by molar-refractivity contribution is 7.18. The van der Waals surface area contributed by atoms with Gasteiger partial charge in [-0.2, -0.15) is 0 Å². The molecule has 126 valence electrons. The Morgan fingerprint density at radius 1 is 0.960 bits per heavy atom. The number of fused-ring (bicyclic) bond motifs is 1. The van der Waals surface area contributed by atoms with E-state index < -0.39 is 0 Å². The van der Waals surface area contributed by atoms with Gasteiger partial charge >= 0.3 is 0 Å². The zero-order valence-corrected chi connectivity index (χ0v) is 15.1. The lowest BCUT2D eigenvalue weighted by atomic mass is 10.2. The molecule has 2 aromatic heterocycles. The van der Waals surface area contributed by atoms with Crippen molar-refractivity contribution in [2.24, 2.45) is 0 Å². The van der Waals surface area contributed by atoms with Crippen molar-refractivity contribution in [1.82, 2.24) is 15.2 Å². The minimum Gasteiger partial charge on any atom is -0.343 e. The Morgan fingerprint density at radius 2 is 1.76 bits per heavy atom. The summed E-state index contributed by atoms with van der Waals surface area (Å²) in [5.74, 6) is -0.225. The summed E-state index contributed by atoms with van der Waals surface area (Å²) in [7, 11) is 1.99. The standard InChI is InChI=1S/C18H15FN4S2/c1-23(11-17-20-14-4-2-3-5-15(14)24-17)18-22-21-16(25-18)10-12-6-8-13(19)9-7-12/h2-9H,10-11H2,1H3. The van der Waals surface area contributed by atoms with E-state index in [1.807, 2.05) is 25.2 Å². The molecule has 0 aliphatic heterocycles. The molecule has 0 unspecified atom stereocenters. The van der Waals surface area contributed by atoms with E-state index in [1.165, 1.54) is 16.8 Å². The quantitative estimate of drug-likeness (QED) is 0.518. The molecular weight excluding hydrogens is 355 g/mol. The van der Waals surface area contributed by atoms with Crippen molar-refractivity contribution in [3.63, 3.8) is 0 Å². The van der Waals surface area contributed by atoms with Gasteiger partial charge in [-0.3, -0.25) is 0 Å². The Bertz CT molecular complexity index is 961. The maximum Gasteiger partial charge on any atom is 0.208 e. The molecule has 4 nitrogen and oxygen atoms in total. The van der Waals surface area contributed by atoms with Gasteiger partial charge in [-0.25, -0.2) is 9.37 Å². The van der Waals surface area contributed by atoms with Crippen LogP contribution in [0, 0.1) is 5.82 Å². The van der Waals surface area contributed by atoms with Crippen LogP contribution >= 0.6 is 22.7 Å². The van der Waals surface area contributed by atoms with Crippen LogP contribution in [0.15, 0.2) is 48.5 Å². The minimum absolute atomic E-state index is 0.225. The van der Waals surface area contributed by atoms with E-state index in [1.54, 1.807) is 34.8 Å². The van der Waals surface area contributed by atoms with E-state index in [9.17, 15) is 4.39 Å². The molecule has 0 atom stereocenters. The van der Waals surface area contributed by atoms with E-state index in [0.29, 0.717) is 13.0 Å². The molecule has 0 aliphatic rings. The lowest BCUT2D eigenvalue weighted by molar-refractivity contribution is 0.627. The summed E-state index contributed by atoms with van der Waals surface area (Å²) in [4.78, 5) is 6.72. The fourth-order valence-electron chi connectivity index (χ4n) is 2.51. The van der Waals surface area contributed by atoms with Gasteiger partial charge in [-0.15, -0.1) is 21.5 Å². The summed E-state index contributed by atoms with van der Waals surface area (Å²) in [6.45, 7) is 0.699. The van der Waals surface area contributed by atoms with Crippen molar-refractivity contribution in [2.45, 2.75) is 13.0 Å². The lowest BCUT2D eigenvalue weighted by Crippen LogP contribution is -2.15. The summed E-state index contributed by atoms with van der Waals surface area (Å²) < 4.78 is 14.2. The van der Waals surface area contributed by atoms with Gasteiger partial charge in [-0.05, 0) is 29.8 Å². The smallest absolute Gasteiger partial charge is 0.208 e. The van der Waals surface area contributed by atoms with E-state index >= 15 is 0 Å². The summed E-state index contributed by atoms with van der Waals surface area (Å²) in [5.41, 5.74) is 2.06. The highest BCUT2D eigenvalue weighted by atomic mass is 32.1. The van der Waals surface area contributed by atoms with Crippen LogP contribution in [-0.2, 0) is 13.0 Å². The normalized spacial score (nSPS) is 11.1. The van der Waals surface area contributed by atoms with Crippen LogP contribution in [-0.4, -0.2) is 22.2 Å². The molecule has 0 aliphatic carbocycles. The van der Waals surface area contributed by atoms with E-state index in [2.05, 4.69) is 26.1 Å². The summed E-state index contributed by atoms with van der Waals surface area (Å²) in [5, 5.41) is 11.4. The van der Waals surface area contributed by atoms with Crippen molar-refractivity contribution in [1.29, 1.82) is 0 Å². The molecule has 0 bridgehead atoms. The van der Waals surface area contributed by atoms with Gasteiger partial charge < -0.3 is 4.90 Å². The number of aromatic nitrogens is 3. The highest BCUT2D eigenvalue weighted by Crippen LogP contribution is 2.26. The first-order valence-corrected chi connectivity index (χ1v) is 9.43. The second-order valence-electron chi connectivity index (χ2n) is 5.71. The Balaban J connectivity index is 1.46. The van der Waals surface area contributed by atoms with Crippen molar-refractivity contribution >= 4 is 38.0 Å². The second kappa shape index (κ2) is 6.85. The Kier molecular flexibility index (Phi) is 4.42. The Morgan fingerprint density at radius 3 is 2.56 bits per heavy atom. The largest absolute Gasteiger partial charge is 0.343 e. The van der Waals surface area contributed by atoms with Gasteiger partial charge in [0.25, 0.3) is 0 Å². The third kappa shape index (κ3) is 3.67. The number of benzene rings is 2. The molecule has 2 aromatic carbocycles. The third-order valence-corrected chi connectivity index (χ3v) is 5.82. The van der Waals surface area contributed by atoms with Gasteiger partial charge in [0.15, 0.2) is 0 Å². The van der Waals surface area contributed by atoms with E-state index in [0.717, 1.165) is 26.2 Å². The lowest BCUT2D eigenvalue weighted by Gasteiger charge is -2.12. The van der Waals surface area contributed by atoms with Gasteiger partial charge in [-0.1, -0.05) is 35.6 Å². The predicted molar refractivity (Wildman–Crippen MR) is 101 cm³/mol. The van der Waals surface area contributed by atoms with E-state index in [-0.39, 0.29) is 5.82 Å². The first-order chi connectivity index (χ1) is 12.2. The van der Waals surface area contributed by atoms with Gasteiger partial charge in [0.05, 0.1) is 16.8 Å². The number of anilines is 1. The fraction of sp³-hybridized carbons (Fsp3) is 0.167. The molecule has 0 spiro atoms. The molecular formula is C18H15FN4S2.